The zero-order valence-corrected chi connectivity index (χ0v) is 10.3. The molecule has 0 saturated carbocycles. The second kappa shape index (κ2) is 3.93. The van der Waals surface area contributed by atoms with Gasteiger partial charge in [0.15, 0.2) is 0 Å². The molecule has 1 aliphatic rings. The first-order valence-electron chi connectivity index (χ1n) is 5.81. The van der Waals surface area contributed by atoms with Gasteiger partial charge in [0.1, 0.15) is 0 Å². The van der Waals surface area contributed by atoms with Crippen molar-refractivity contribution in [3.63, 3.8) is 0 Å². The second-order valence-electron chi connectivity index (χ2n) is 5.79. The van der Waals surface area contributed by atoms with Gasteiger partial charge in [-0.2, -0.15) is 0 Å². The molecule has 2 nitrogen and oxygen atoms in total. The lowest BCUT2D eigenvalue weighted by Gasteiger charge is -2.21. The molecule has 86 valence electrons. The third-order valence-corrected chi connectivity index (χ3v) is 2.83. The molecule has 1 heterocycles. The van der Waals surface area contributed by atoms with Gasteiger partial charge >= 0.3 is 0 Å². The van der Waals surface area contributed by atoms with Crippen LogP contribution in [0.15, 0.2) is 18.2 Å². The Morgan fingerprint density at radius 3 is 2.69 bits per heavy atom. The number of hydrogen-bond donors (Lipinski definition) is 1. The van der Waals surface area contributed by atoms with Crippen LogP contribution in [0, 0.1) is 5.41 Å². The summed E-state index contributed by atoms with van der Waals surface area (Å²) < 4.78 is 0. The van der Waals surface area contributed by atoms with E-state index in [0.717, 1.165) is 6.42 Å². The van der Waals surface area contributed by atoms with Crippen LogP contribution in [-0.4, -0.2) is 5.91 Å². The minimum Gasteiger partial charge on any atom is -0.352 e. The van der Waals surface area contributed by atoms with Crippen molar-refractivity contribution in [2.45, 2.75) is 40.2 Å². The molecule has 16 heavy (non-hydrogen) atoms. The average Bonchev–Trinajstić information content (AvgIpc) is 2.14. The number of carbonyl (C=O) groups is 1. The standard InChI is InChI=1S/C14H19NO/c1-14(2,3)8-10-4-5-11-9-15-13(16)7-12(11)6-10/h4-6H,7-9H2,1-3H3,(H,15,16). The van der Waals surface area contributed by atoms with Crippen LogP contribution in [0.1, 0.15) is 37.5 Å². The topological polar surface area (TPSA) is 29.1 Å². The van der Waals surface area contributed by atoms with Crippen LogP contribution in [0.25, 0.3) is 0 Å². The molecular formula is C14H19NO. The molecule has 1 aromatic rings. The maximum atomic E-state index is 11.3. The zero-order chi connectivity index (χ0) is 11.8. The highest BCUT2D eigenvalue weighted by Gasteiger charge is 2.17. The highest BCUT2D eigenvalue weighted by molar-refractivity contribution is 5.80. The zero-order valence-electron chi connectivity index (χ0n) is 10.3. The fourth-order valence-corrected chi connectivity index (χ4v) is 2.17. The predicted molar refractivity (Wildman–Crippen MR) is 65.2 cm³/mol. The van der Waals surface area contributed by atoms with Crippen LogP contribution < -0.4 is 5.32 Å². The quantitative estimate of drug-likeness (QED) is 0.769. The minimum atomic E-state index is 0.139. The Balaban J connectivity index is 2.24. The summed E-state index contributed by atoms with van der Waals surface area (Å²) in [6.45, 7) is 7.39. The molecule has 0 atom stereocenters. The van der Waals surface area contributed by atoms with E-state index in [4.69, 9.17) is 0 Å². The molecule has 0 aromatic heterocycles. The lowest BCUT2D eigenvalue weighted by Crippen LogP contribution is -2.30. The SMILES string of the molecule is CC(C)(C)Cc1ccc2c(c1)CC(=O)NC2. The molecule has 2 rings (SSSR count). The second-order valence-corrected chi connectivity index (χ2v) is 5.79. The van der Waals surface area contributed by atoms with E-state index >= 15 is 0 Å². The number of amides is 1. The fourth-order valence-electron chi connectivity index (χ4n) is 2.17. The van der Waals surface area contributed by atoms with E-state index in [2.05, 4.69) is 44.3 Å². The number of fused-ring (bicyclic) bond motifs is 1. The van der Waals surface area contributed by atoms with E-state index in [-0.39, 0.29) is 5.91 Å². The van der Waals surface area contributed by atoms with Crippen LogP contribution >= 0.6 is 0 Å². The number of benzene rings is 1. The molecule has 0 aliphatic carbocycles. The van der Waals surface area contributed by atoms with E-state index < -0.39 is 0 Å². The number of rotatable bonds is 1. The first kappa shape index (κ1) is 11.2. The molecule has 0 bridgehead atoms. The van der Waals surface area contributed by atoms with Gasteiger partial charge in [0.25, 0.3) is 0 Å². The molecule has 1 aromatic carbocycles. The fraction of sp³-hybridized carbons (Fsp3) is 0.500. The van der Waals surface area contributed by atoms with Gasteiger partial charge in [-0.3, -0.25) is 4.79 Å². The summed E-state index contributed by atoms with van der Waals surface area (Å²) in [7, 11) is 0. The molecule has 0 radical (unpaired) electrons. The summed E-state index contributed by atoms with van der Waals surface area (Å²) in [5.74, 6) is 0.139. The summed E-state index contributed by atoms with van der Waals surface area (Å²) in [6.07, 6.45) is 1.59. The van der Waals surface area contributed by atoms with E-state index in [9.17, 15) is 4.79 Å². The van der Waals surface area contributed by atoms with E-state index in [1.54, 1.807) is 0 Å². The van der Waals surface area contributed by atoms with Gasteiger partial charge in [-0.25, -0.2) is 0 Å². The molecule has 2 heteroatoms. The van der Waals surface area contributed by atoms with Crippen LogP contribution in [0.3, 0.4) is 0 Å². The molecule has 1 amide bonds. The lowest BCUT2D eigenvalue weighted by atomic mass is 9.86. The molecule has 0 fully saturated rings. The number of hydrogen-bond acceptors (Lipinski definition) is 1. The Hall–Kier alpha value is -1.31. The van der Waals surface area contributed by atoms with Crippen LogP contribution in [-0.2, 0) is 24.2 Å². The van der Waals surface area contributed by atoms with Gasteiger partial charge in [-0.1, -0.05) is 39.0 Å². The smallest absolute Gasteiger partial charge is 0.224 e. The maximum absolute atomic E-state index is 11.3. The van der Waals surface area contributed by atoms with E-state index in [1.165, 1.54) is 16.7 Å². The van der Waals surface area contributed by atoms with E-state index in [0.29, 0.717) is 18.4 Å². The van der Waals surface area contributed by atoms with Crippen molar-refractivity contribution < 1.29 is 4.79 Å². The summed E-state index contributed by atoms with van der Waals surface area (Å²) in [6, 6.07) is 6.52. The summed E-state index contributed by atoms with van der Waals surface area (Å²) in [5.41, 5.74) is 4.09. The van der Waals surface area contributed by atoms with Crippen molar-refractivity contribution in [3.8, 4) is 0 Å². The summed E-state index contributed by atoms with van der Waals surface area (Å²) >= 11 is 0. The Bertz CT molecular complexity index is 415. The summed E-state index contributed by atoms with van der Waals surface area (Å²) in [5, 5.41) is 2.87. The first-order valence-corrected chi connectivity index (χ1v) is 5.81. The van der Waals surface area contributed by atoms with Crippen molar-refractivity contribution in [2.24, 2.45) is 5.41 Å². The molecule has 0 spiro atoms. The maximum Gasteiger partial charge on any atom is 0.224 e. The molecule has 1 aliphatic heterocycles. The number of carbonyl (C=O) groups excluding carboxylic acids is 1. The average molecular weight is 217 g/mol. The highest BCUT2D eigenvalue weighted by atomic mass is 16.1. The van der Waals surface area contributed by atoms with Gasteiger partial charge in [0, 0.05) is 6.54 Å². The predicted octanol–water partition coefficient (Wildman–Crippen LogP) is 2.45. The van der Waals surface area contributed by atoms with Crippen molar-refractivity contribution in [1.29, 1.82) is 0 Å². The molecule has 0 unspecified atom stereocenters. The van der Waals surface area contributed by atoms with Crippen molar-refractivity contribution >= 4 is 5.91 Å². The van der Waals surface area contributed by atoms with Gasteiger partial charge in [-0.05, 0) is 28.5 Å². The van der Waals surface area contributed by atoms with Crippen LogP contribution in [0.5, 0.6) is 0 Å². The minimum absolute atomic E-state index is 0.139. The lowest BCUT2D eigenvalue weighted by molar-refractivity contribution is -0.121. The normalized spacial score (nSPS) is 15.6. The van der Waals surface area contributed by atoms with Crippen molar-refractivity contribution in [1.82, 2.24) is 5.32 Å². The van der Waals surface area contributed by atoms with Gasteiger partial charge < -0.3 is 5.32 Å². The molecule has 1 N–H and O–H groups in total. The Morgan fingerprint density at radius 1 is 1.25 bits per heavy atom. The molecular weight excluding hydrogens is 198 g/mol. The Kier molecular flexibility index (Phi) is 2.75. The third kappa shape index (κ3) is 2.63. The monoisotopic (exact) mass is 217 g/mol. The number of nitrogens with one attached hydrogen (secondary N) is 1. The van der Waals surface area contributed by atoms with Crippen molar-refractivity contribution in [2.75, 3.05) is 0 Å². The van der Waals surface area contributed by atoms with Gasteiger partial charge in [-0.15, -0.1) is 0 Å². The Labute approximate surface area is 97.1 Å². The first-order chi connectivity index (χ1) is 7.44. The van der Waals surface area contributed by atoms with Crippen molar-refractivity contribution in [3.05, 3.63) is 34.9 Å². The van der Waals surface area contributed by atoms with Crippen LogP contribution in [0.2, 0.25) is 0 Å². The van der Waals surface area contributed by atoms with Gasteiger partial charge in [0.05, 0.1) is 6.42 Å². The van der Waals surface area contributed by atoms with E-state index in [1.807, 2.05) is 0 Å². The third-order valence-electron chi connectivity index (χ3n) is 2.83. The largest absolute Gasteiger partial charge is 0.352 e. The highest BCUT2D eigenvalue weighted by Crippen LogP contribution is 2.23. The molecule has 0 saturated heterocycles. The Morgan fingerprint density at radius 2 is 2.00 bits per heavy atom. The van der Waals surface area contributed by atoms with Crippen LogP contribution in [0.4, 0.5) is 0 Å². The summed E-state index contributed by atoms with van der Waals surface area (Å²) in [4.78, 5) is 11.3. The van der Waals surface area contributed by atoms with Gasteiger partial charge in [0.2, 0.25) is 5.91 Å².